The van der Waals surface area contributed by atoms with E-state index in [1.807, 2.05) is 0 Å². The first-order valence-corrected chi connectivity index (χ1v) is 19.1. The number of fused-ring (bicyclic) bond motifs is 5. The molecule has 5 aliphatic rings. The molecule has 2 heterocycles. The highest BCUT2D eigenvalue weighted by Crippen LogP contribution is 2.64. The predicted octanol–water partition coefficient (Wildman–Crippen LogP) is 2.48. The molecule has 11 atom stereocenters. The molecule has 16 heteroatoms. The molecule has 1 aromatic rings. The number of aliphatic hydroxyl groups is 3. The number of Topliss-reactive ketones (excluding diaryl/α,β-unsaturated/α-hetero) is 1. The number of carbonyl (C=O) groups excluding carboxylic acids is 6. The maximum atomic E-state index is 14.9. The minimum Gasteiger partial charge on any atom is -0.455 e. The van der Waals surface area contributed by atoms with Crippen molar-refractivity contribution in [3.05, 3.63) is 47.0 Å². The Hall–Kier alpha value is -4.38. The number of aliphatic hydroxyl groups excluding tert-OH is 2. The minimum atomic E-state index is -2.35. The third-order valence-corrected chi connectivity index (χ3v) is 12.9. The molecular formula is C41H53NO15. The zero-order valence-corrected chi connectivity index (χ0v) is 33.9. The van der Waals surface area contributed by atoms with E-state index < -0.39 is 124 Å². The summed E-state index contributed by atoms with van der Waals surface area (Å²) in [7, 11) is 0. The Morgan fingerprint density at radius 3 is 2.16 bits per heavy atom. The van der Waals surface area contributed by atoms with Crippen LogP contribution in [-0.2, 0) is 47.6 Å². The van der Waals surface area contributed by atoms with Crippen LogP contribution >= 0.6 is 0 Å². The topological polar surface area (TPSA) is 231 Å². The number of carbonyl (C=O) groups is 6. The van der Waals surface area contributed by atoms with Gasteiger partial charge in [0.05, 0.1) is 41.1 Å². The lowest BCUT2D eigenvalue weighted by atomic mass is 9.44. The summed E-state index contributed by atoms with van der Waals surface area (Å²) in [5.41, 5.74) is -9.90. The number of cyclic esters (lactones) is 1. The molecule has 2 aliphatic heterocycles. The van der Waals surface area contributed by atoms with Crippen molar-refractivity contribution in [2.45, 2.75) is 142 Å². The molecule has 2 saturated carbocycles. The van der Waals surface area contributed by atoms with Gasteiger partial charge in [0, 0.05) is 25.2 Å². The number of benzene rings is 1. The van der Waals surface area contributed by atoms with Crippen LogP contribution in [0.1, 0.15) is 92.4 Å². The van der Waals surface area contributed by atoms with Crippen LogP contribution in [0.25, 0.3) is 0 Å². The number of amides is 1. The van der Waals surface area contributed by atoms with Crippen molar-refractivity contribution in [1.82, 2.24) is 5.32 Å². The van der Waals surface area contributed by atoms with Gasteiger partial charge < -0.3 is 49.1 Å². The Labute approximate surface area is 330 Å². The smallest absolute Gasteiger partial charge is 0.408 e. The number of rotatable bonds is 6. The van der Waals surface area contributed by atoms with Crippen LogP contribution in [0.2, 0.25) is 0 Å². The Bertz CT molecular complexity index is 1900. The van der Waals surface area contributed by atoms with Crippen molar-refractivity contribution in [2.75, 3.05) is 6.61 Å². The fraction of sp³-hybridized carbons (Fsp3) is 0.659. The second-order valence-corrected chi connectivity index (χ2v) is 18.3. The van der Waals surface area contributed by atoms with Crippen LogP contribution < -0.4 is 5.32 Å². The fourth-order valence-corrected chi connectivity index (χ4v) is 9.70. The predicted molar refractivity (Wildman–Crippen MR) is 196 cm³/mol. The van der Waals surface area contributed by atoms with Crippen molar-refractivity contribution < 1.29 is 72.5 Å². The van der Waals surface area contributed by atoms with E-state index in [9.17, 15) is 44.1 Å². The van der Waals surface area contributed by atoms with Crippen LogP contribution in [0.5, 0.6) is 0 Å². The van der Waals surface area contributed by atoms with E-state index in [-0.39, 0.29) is 29.7 Å². The van der Waals surface area contributed by atoms with Crippen molar-refractivity contribution in [1.29, 1.82) is 0 Å². The molecule has 1 amide bonds. The minimum absolute atomic E-state index is 0.0626. The van der Waals surface area contributed by atoms with Gasteiger partial charge in [-0.3, -0.25) is 14.4 Å². The molecular weight excluding hydrogens is 746 g/mol. The van der Waals surface area contributed by atoms with Gasteiger partial charge in [-0.05, 0) is 71.7 Å². The summed E-state index contributed by atoms with van der Waals surface area (Å²) in [6.07, 6.45) is -11.1. The molecule has 0 radical (unpaired) electrons. The first-order valence-electron chi connectivity index (χ1n) is 19.1. The van der Waals surface area contributed by atoms with Crippen LogP contribution in [0.3, 0.4) is 0 Å². The Balaban J connectivity index is 1.49. The van der Waals surface area contributed by atoms with E-state index in [4.69, 9.17) is 28.4 Å². The lowest BCUT2D eigenvalue weighted by Gasteiger charge is -2.67. The average molecular weight is 800 g/mol. The van der Waals surface area contributed by atoms with Gasteiger partial charge in [-0.1, -0.05) is 32.0 Å². The Morgan fingerprint density at radius 2 is 1.60 bits per heavy atom. The Kier molecular flexibility index (Phi) is 10.3. The van der Waals surface area contributed by atoms with Gasteiger partial charge in [0.2, 0.25) is 6.10 Å². The largest absolute Gasteiger partial charge is 0.455 e. The van der Waals surface area contributed by atoms with E-state index in [1.54, 1.807) is 52.8 Å². The van der Waals surface area contributed by atoms with Crippen LogP contribution in [0, 0.1) is 22.2 Å². The average Bonchev–Trinajstić information content (AvgIpc) is 3.32. The molecule has 6 rings (SSSR count). The number of ketones is 1. The lowest BCUT2D eigenvalue weighted by Crippen LogP contribution is -2.81. The number of esters is 4. The summed E-state index contributed by atoms with van der Waals surface area (Å²) < 4.78 is 35.0. The van der Waals surface area contributed by atoms with E-state index in [0.29, 0.717) is 0 Å². The molecule has 0 aromatic heterocycles. The molecule has 1 aromatic carbocycles. The molecule has 4 fully saturated rings. The lowest BCUT2D eigenvalue weighted by molar-refractivity contribution is -0.346. The van der Waals surface area contributed by atoms with Crippen molar-refractivity contribution in [3.63, 3.8) is 0 Å². The first-order chi connectivity index (χ1) is 26.2. The van der Waals surface area contributed by atoms with Gasteiger partial charge in [-0.2, -0.15) is 0 Å². The highest BCUT2D eigenvalue weighted by molar-refractivity contribution is 5.94. The molecule has 4 N–H and O–H groups in total. The van der Waals surface area contributed by atoms with E-state index in [0.717, 1.165) is 6.92 Å². The standard InChI is InChI=1S/C41H53NO15/c1-19-22(53-33(48)27-29(37(6,7)34(49)54-27)42-35(50)57-36(3,4)5)17-41(51)31(55-32(47)21-14-12-11-13-15-21)28-39(10,30(46)26(45)25(19)38(41,8)9)23(44)16-24-40(28,18-52-24)56-20(2)43/h11-15,22-24,26-29,31,44-45,51H,16-18H2,1-10H3,(H,42,50)/t22-,23-,24+,26+,27?,28-,29-,31-,39+,40-,41+/m0/s1. The first kappa shape index (κ1) is 42.2. The molecule has 312 valence electrons. The second-order valence-electron chi connectivity index (χ2n) is 18.3. The number of nitrogens with one attached hydrogen (secondary N) is 1. The summed E-state index contributed by atoms with van der Waals surface area (Å²) >= 11 is 0. The zero-order valence-electron chi connectivity index (χ0n) is 33.9. The summed E-state index contributed by atoms with van der Waals surface area (Å²) in [6, 6.07) is 6.56. The molecule has 0 spiro atoms. The normalized spacial score (nSPS) is 37.8. The number of hydrogen-bond donors (Lipinski definition) is 4. The molecule has 57 heavy (non-hydrogen) atoms. The number of alkyl carbamates (subject to hydrolysis) is 1. The molecule has 3 aliphatic carbocycles. The van der Waals surface area contributed by atoms with Gasteiger partial charge in [0.25, 0.3) is 0 Å². The molecule has 2 bridgehead atoms. The number of ether oxygens (including phenoxy) is 6. The van der Waals surface area contributed by atoms with E-state index >= 15 is 0 Å². The van der Waals surface area contributed by atoms with Gasteiger partial charge >= 0.3 is 30.0 Å². The van der Waals surface area contributed by atoms with Crippen molar-refractivity contribution in [3.8, 4) is 0 Å². The maximum Gasteiger partial charge on any atom is 0.408 e. The zero-order chi connectivity index (χ0) is 42.4. The van der Waals surface area contributed by atoms with Crippen molar-refractivity contribution >= 4 is 35.8 Å². The van der Waals surface area contributed by atoms with Gasteiger partial charge in [-0.25, -0.2) is 14.4 Å². The summed E-state index contributed by atoms with van der Waals surface area (Å²) in [5, 5.41) is 40.0. The summed E-state index contributed by atoms with van der Waals surface area (Å²) in [6.45, 7) is 14.7. The van der Waals surface area contributed by atoms with Crippen LogP contribution in [-0.4, -0.2) is 117 Å². The monoisotopic (exact) mass is 799 g/mol. The quantitative estimate of drug-likeness (QED) is 0.184. The fourth-order valence-electron chi connectivity index (χ4n) is 9.70. The van der Waals surface area contributed by atoms with Gasteiger partial charge in [0.15, 0.2) is 11.4 Å². The summed E-state index contributed by atoms with van der Waals surface area (Å²) in [4.78, 5) is 82.0. The maximum absolute atomic E-state index is 14.9. The SMILES string of the molecule is CC(=O)O[C@@]12CO[C@@H]1C[C@H](O)[C@@]1(C)C(=O)[C@H](O)C3=C(C)[C@@H](OC(=O)C4OC(=O)C(C)(C)[C@H]4NC(=O)OC(C)(C)C)C[C@@](O)([C@@H](OC(=O)c4ccccc4)[C@H]21)C3(C)C. The number of hydrogen-bond acceptors (Lipinski definition) is 15. The van der Waals surface area contributed by atoms with Gasteiger partial charge in [-0.15, -0.1) is 0 Å². The van der Waals surface area contributed by atoms with Crippen LogP contribution in [0.15, 0.2) is 41.5 Å². The summed E-state index contributed by atoms with van der Waals surface area (Å²) in [5.74, 6) is -6.07. The third kappa shape index (κ3) is 6.52. The molecule has 1 unspecified atom stereocenters. The highest BCUT2D eigenvalue weighted by Gasteiger charge is 2.78. The molecule has 16 nitrogen and oxygen atoms in total. The second kappa shape index (κ2) is 13.9. The van der Waals surface area contributed by atoms with E-state index in [2.05, 4.69) is 5.32 Å². The van der Waals surface area contributed by atoms with E-state index in [1.165, 1.54) is 39.8 Å². The van der Waals surface area contributed by atoms with Crippen LogP contribution in [0.4, 0.5) is 4.79 Å². The van der Waals surface area contributed by atoms with Gasteiger partial charge in [0.1, 0.15) is 35.6 Å². The molecule has 2 saturated heterocycles. The third-order valence-electron chi connectivity index (χ3n) is 12.9. The highest BCUT2D eigenvalue weighted by atomic mass is 16.6. The Morgan fingerprint density at radius 1 is 0.965 bits per heavy atom. The van der Waals surface area contributed by atoms with Crippen molar-refractivity contribution in [2.24, 2.45) is 22.2 Å².